The van der Waals surface area contributed by atoms with Gasteiger partial charge < -0.3 is 19.3 Å². The normalized spacial score (nSPS) is 12.0. The lowest BCUT2D eigenvalue weighted by molar-refractivity contribution is -0.384. The third-order valence-corrected chi connectivity index (χ3v) is 6.60. The van der Waals surface area contributed by atoms with E-state index >= 15 is 0 Å². The Morgan fingerprint density at radius 2 is 0.706 bits per heavy atom. The van der Waals surface area contributed by atoms with Crippen molar-refractivity contribution >= 4 is 0 Å². The van der Waals surface area contributed by atoms with Gasteiger partial charge in [-0.05, 0) is 32.1 Å². The summed E-state index contributed by atoms with van der Waals surface area (Å²) in [7, 11) is 0. The first-order valence-electron chi connectivity index (χ1n) is 15.3. The van der Waals surface area contributed by atoms with Gasteiger partial charge in [-0.25, -0.2) is 0 Å². The minimum atomic E-state index is -0.821. The largest absolute Gasteiger partial charge is 0.396 e. The highest BCUT2D eigenvalue weighted by atomic mass is 16.9. The van der Waals surface area contributed by atoms with Crippen LogP contribution in [0, 0.1) is 0 Å². The molecule has 0 radical (unpaired) electrons. The van der Waals surface area contributed by atoms with E-state index in [2.05, 4.69) is 20.8 Å². The lowest BCUT2D eigenvalue weighted by atomic mass is 10.0. The maximum atomic E-state index is 8.80. The Hall–Kier alpha value is -0.160. The van der Waals surface area contributed by atoms with Crippen molar-refractivity contribution in [3.63, 3.8) is 0 Å². The van der Waals surface area contributed by atoms with E-state index in [-0.39, 0.29) is 0 Å². The topological polar surface area (TPSA) is 47.9 Å². The monoisotopic (exact) mass is 486 g/mol. The van der Waals surface area contributed by atoms with Crippen molar-refractivity contribution in [2.75, 3.05) is 26.4 Å². The molecular formula is C30H62O4. The molecule has 0 amide bonds. The van der Waals surface area contributed by atoms with Crippen LogP contribution in [0.15, 0.2) is 0 Å². The van der Waals surface area contributed by atoms with E-state index in [9.17, 15) is 0 Å². The van der Waals surface area contributed by atoms with E-state index in [0.29, 0.717) is 6.61 Å². The quantitative estimate of drug-likeness (QED) is 0.0845. The number of aliphatic hydroxyl groups is 1. The molecule has 0 fully saturated rings. The molecule has 0 heterocycles. The fourth-order valence-electron chi connectivity index (χ4n) is 4.21. The smallest absolute Gasteiger partial charge is 0.282 e. The van der Waals surface area contributed by atoms with Crippen LogP contribution in [0.3, 0.4) is 0 Å². The minimum Gasteiger partial charge on any atom is -0.396 e. The summed E-state index contributed by atoms with van der Waals surface area (Å²) in [6.45, 7) is 9.11. The molecule has 0 atom stereocenters. The zero-order chi connectivity index (χ0) is 25.0. The zero-order valence-corrected chi connectivity index (χ0v) is 23.6. The molecule has 0 saturated carbocycles. The van der Waals surface area contributed by atoms with Gasteiger partial charge in [-0.3, -0.25) is 0 Å². The molecule has 34 heavy (non-hydrogen) atoms. The molecule has 1 N–H and O–H groups in total. The van der Waals surface area contributed by atoms with Crippen LogP contribution in [0.5, 0.6) is 0 Å². The fraction of sp³-hybridized carbons (Fsp3) is 1.00. The Kier molecular flexibility index (Phi) is 27.3. The standard InChI is InChI=1S/C30H62O4/c1-4-7-27-32-30(33-28-8-5-2,34-29-9-6-3)25-23-21-19-17-15-13-11-10-12-14-16-18-20-22-24-26-31/h31H,4-29H2,1-3H3. The average Bonchev–Trinajstić information content (AvgIpc) is 2.84. The van der Waals surface area contributed by atoms with Gasteiger partial charge in [0.15, 0.2) is 0 Å². The van der Waals surface area contributed by atoms with Crippen LogP contribution in [-0.2, 0) is 14.2 Å². The molecular weight excluding hydrogens is 424 g/mol. The summed E-state index contributed by atoms with van der Waals surface area (Å²) in [6.07, 6.45) is 27.0. The Labute approximate surface area is 213 Å². The van der Waals surface area contributed by atoms with Gasteiger partial charge in [-0.1, -0.05) is 124 Å². The summed E-state index contributed by atoms with van der Waals surface area (Å²) in [5.41, 5.74) is 0. The van der Waals surface area contributed by atoms with Crippen molar-refractivity contribution in [2.24, 2.45) is 0 Å². The van der Waals surface area contributed by atoms with Crippen LogP contribution in [0.1, 0.15) is 162 Å². The van der Waals surface area contributed by atoms with Crippen LogP contribution in [0.25, 0.3) is 0 Å². The lowest BCUT2D eigenvalue weighted by Gasteiger charge is -2.33. The predicted octanol–water partition coefficient (Wildman–Crippen LogP) is 9.32. The highest BCUT2D eigenvalue weighted by Crippen LogP contribution is 2.26. The van der Waals surface area contributed by atoms with E-state index in [1.54, 1.807) is 0 Å². The number of ether oxygens (including phenoxy) is 3. The maximum Gasteiger partial charge on any atom is 0.282 e. The second-order valence-electron chi connectivity index (χ2n) is 10.1. The van der Waals surface area contributed by atoms with Crippen molar-refractivity contribution in [1.82, 2.24) is 0 Å². The summed E-state index contributed by atoms with van der Waals surface area (Å²) in [6, 6.07) is 0. The molecule has 0 unspecified atom stereocenters. The zero-order valence-electron chi connectivity index (χ0n) is 23.6. The first-order chi connectivity index (χ1) is 16.7. The number of aliphatic hydroxyl groups excluding tert-OH is 1. The third kappa shape index (κ3) is 22.3. The van der Waals surface area contributed by atoms with Gasteiger partial charge in [0.25, 0.3) is 5.97 Å². The van der Waals surface area contributed by atoms with Crippen LogP contribution in [0.2, 0.25) is 0 Å². The lowest BCUT2D eigenvalue weighted by Crippen LogP contribution is -2.40. The predicted molar refractivity (Wildman–Crippen MR) is 146 cm³/mol. The molecule has 0 aromatic rings. The minimum absolute atomic E-state index is 0.356. The first kappa shape index (κ1) is 33.8. The molecule has 0 saturated heterocycles. The number of rotatable bonds is 29. The summed E-state index contributed by atoms with van der Waals surface area (Å²) in [5, 5.41) is 8.80. The van der Waals surface area contributed by atoms with E-state index in [1.165, 1.54) is 83.5 Å². The first-order valence-corrected chi connectivity index (χ1v) is 15.3. The molecule has 0 bridgehead atoms. The van der Waals surface area contributed by atoms with Crippen molar-refractivity contribution in [3.05, 3.63) is 0 Å². The van der Waals surface area contributed by atoms with Crippen molar-refractivity contribution < 1.29 is 19.3 Å². The third-order valence-electron chi connectivity index (χ3n) is 6.60. The summed E-state index contributed by atoms with van der Waals surface area (Å²) in [4.78, 5) is 0. The van der Waals surface area contributed by atoms with Crippen LogP contribution in [0.4, 0.5) is 0 Å². The van der Waals surface area contributed by atoms with Crippen LogP contribution in [-0.4, -0.2) is 37.5 Å². The summed E-state index contributed by atoms with van der Waals surface area (Å²) < 4.78 is 18.7. The van der Waals surface area contributed by atoms with Gasteiger partial charge >= 0.3 is 0 Å². The molecule has 0 aliphatic carbocycles. The van der Waals surface area contributed by atoms with Gasteiger partial charge in [0.2, 0.25) is 0 Å². The second-order valence-corrected chi connectivity index (χ2v) is 10.1. The van der Waals surface area contributed by atoms with E-state index in [0.717, 1.165) is 77.6 Å². The molecule has 206 valence electrons. The molecule has 0 aliphatic rings. The maximum absolute atomic E-state index is 8.80. The van der Waals surface area contributed by atoms with Crippen molar-refractivity contribution in [2.45, 2.75) is 168 Å². The molecule has 0 aliphatic heterocycles. The van der Waals surface area contributed by atoms with Gasteiger partial charge in [0.05, 0.1) is 19.8 Å². The molecule has 0 spiro atoms. The van der Waals surface area contributed by atoms with Gasteiger partial charge in [-0.15, -0.1) is 0 Å². The van der Waals surface area contributed by atoms with E-state index in [4.69, 9.17) is 19.3 Å². The highest BCUT2D eigenvalue weighted by Gasteiger charge is 2.32. The Morgan fingerprint density at radius 1 is 0.412 bits per heavy atom. The van der Waals surface area contributed by atoms with E-state index < -0.39 is 5.97 Å². The Balaban J connectivity index is 3.93. The average molecular weight is 487 g/mol. The number of hydrogen-bond donors (Lipinski definition) is 1. The SMILES string of the molecule is CCCCOC(CCCCCCCCCCCCCCCCCO)(OCCCC)OCCCC. The fourth-order valence-corrected chi connectivity index (χ4v) is 4.21. The van der Waals surface area contributed by atoms with Crippen molar-refractivity contribution in [1.29, 1.82) is 0 Å². The van der Waals surface area contributed by atoms with Crippen LogP contribution < -0.4 is 0 Å². The van der Waals surface area contributed by atoms with Crippen molar-refractivity contribution in [3.8, 4) is 0 Å². The molecule has 4 heteroatoms. The van der Waals surface area contributed by atoms with Gasteiger partial charge in [0, 0.05) is 13.0 Å². The summed E-state index contributed by atoms with van der Waals surface area (Å²) in [5.74, 6) is -0.821. The molecule has 0 aromatic carbocycles. The summed E-state index contributed by atoms with van der Waals surface area (Å²) >= 11 is 0. The van der Waals surface area contributed by atoms with Gasteiger partial charge in [0.1, 0.15) is 0 Å². The van der Waals surface area contributed by atoms with E-state index in [1.807, 2.05) is 0 Å². The van der Waals surface area contributed by atoms with Crippen LogP contribution >= 0.6 is 0 Å². The number of hydrogen-bond acceptors (Lipinski definition) is 4. The Bertz CT molecular complexity index is 348. The Morgan fingerprint density at radius 3 is 1.00 bits per heavy atom. The molecule has 0 aromatic heterocycles. The van der Waals surface area contributed by atoms with Gasteiger partial charge in [-0.2, -0.15) is 0 Å². The molecule has 4 nitrogen and oxygen atoms in total. The second kappa shape index (κ2) is 27.4. The number of unbranched alkanes of at least 4 members (excludes halogenated alkanes) is 17. The molecule has 0 rings (SSSR count). The highest BCUT2D eigenvalue weighted by molar-refractivity contribution is 4.61.